The summed E-state index contributed by atoms with van der Waals surface area (Å²) in [6.07, 6.45) is 0.715. The van der Waals surface area contributed by atoms with Gasteiger partial charge in [-0.15, -0.1) is 11.8 Å². The number of anilines is 1. The van der Waals surface area contributed by atoms with Crippen molar-refractivity contribution in [3.8, 4) is 0 Å². The molecule has 2 heterocycles. The predicted molar refractivity (Wildman–Crippen MR) is 135 cm³/mol. The molecule has 0 saturated heterocycles. The van der Waals surface area contributed by atoms with Crippen molar-refractivity contribution in [2.45, 2.75) is 49.7 Å². The second kappa shape index (κ2) is 10.3. The minimum absolute atomic E-state index is 0.0274. The molecule has 1 N–H and O–H groups in total. The van der Waals surface area contributed by atoms with E-state index < -0.39 is 0 Å². The number of carbonyl (C=O) groups excluding carboxylic acids is 1. The summed E-state index contributed by atoms with van der Waals surface area (Å²) in [4.78, 5) is 31.7. The zero-order valence-corrected chi connectivity index (χ0v) is 20.5. The molecule has 2 aromatic carbocycles. The van der Waals surface area contributed by atoms with Crippen LogP contribution in [0.3, 0.4) is 0 Å². The number of fused-ring (bicyclic) bond motifs is 1. The summed E-state index contributed by atoms with van der Waals surface area (Å²) in [5, 5.41) is 8.36. The van der Waals surface area contributed by atoms with Gasteiger partial charge in [-0.1, -0.05) is 74.6 Å². The van der Waals surface area contributed by atoms with E-state index in [1.54, 1.807) is 11.8 Å². The van der Waals surface area contributed by atoms with E-state index in [4.69, 9.17) is 0 Å². The molecule has 0 radical (unpaired) electrons. The largest absolute Gasteiger partial charge is 0.325 e. The van der Waals surface area contributed by atoms with Crippen LogP contribution in [0.2, 0.25) is 0 Å². The summed E-state index contributed by atoms with van der Waals surface area (Å²) >= 11 is 2.99. The molecule has 33 heavy (non-hydrogen) atoms. The number of carbonyl (C=O) groups is 1. The van der Waals surface area contributed by atoms with Gasteiger partial charge in [-0.05, 0) is 24.1 Å². The predicted octanol–water partition coefficient (Wildman–Crippen LogP) is 5.70. The zero-order valence-electron chi connectivity index (χ0n) is 18.8. The lowest BCUT2D eigenvalue weighted by atomic mass is 9.95. The van der Waals surface area contributed by atoms with E-state index in [2.05, 4.69) is 15.4 Å². The van der Waals surface area contributed by atoms with Crippen molar-refractivity contribution in [1.29, 1.82) is 0 Å². The number of nitrogens with one attached hydrogen (secondary N) is 1. The fourth-order valence-electron chi connectivity index (χ4n) is 3.50. The van der Waals surface area contributed by atoms with Crippen LogP contribution in [0.15, 0.2) is 70.4 Å². The number of hydrogen-bond acceptors (Lipinski definition) is 6. The van der Waals surface area contributed by atoms with E-state index in [1.807, 2.05) is 75.4 Å². The minimum Gasteiger partial charge on any atom is -0.325 e. The number of nitrogens with zero attached hydrogens (tertiary/aromatic N) is 3. The SMILES string of the molecule is CC[C@H](C(=O)Nc1ccccc1SCc1cc(=O)n2nc(C(C)C)sc2n1)c1ccccc1. The van der Waals surface area contributed by atoms with Crippen LogP contribution in [0, 0.1) is 0 Å². The first-order chi connectivity index (χ1) is 16.0. The van der Waals surface area contributed by atoms with Crippen LogP contribution < -0.4 is 10.9 Å². The molecule has 170 valence electrons. The van der Waals surface area contributed by atoms with Crippen molar-refractivity contribution in [2.75, 3.05) is 5.32 Å². The Morgan fingerprint density at radius 2 is 1.85 bits per heavy atom. The Bertz CT molecular complexity index is 1310. The molecule has 0 unspecified atom stereocenters. The zero-order chi connectivity index (χ0) is 23.4. The van der Waals surface area contributed by atoms with E-state index in [1.165, 1.54) is 21.9 Å². The van der Waals surface area contributed by atoms with E-state index in [-0.39, 0.29) is 23.3 Å². The second-order valence-corrected chi connectivity index (χ2v) is 10.0. The molecule has 4 rings (SSSR count). The lowest BCUT2D eigenvalue weighted by Crippen LogP contribution is -2.21. The summed E-state index contributed by atoms with van der Waals surface area (Å²) in [7, 11) is 0. The van der Waals surface area contributed by atoms with Crippen molar-refractivity contribution >= 4 is 39.7 Å². The van der Waals surface area contributed by atoms with Gasteiger partial charge in [0.2, 0.25) is 10.9 Å². The van der Waals surface area contributed by atoms with E-state index in [9.17, 15) is 9.59 Å². The molecular formula is C25H26N4O2S2. The van der Waals surface area contributed by atoms with Crippen LogP contribution in [0.25, 0.3) is 4.96 Å². The monoisotopic (exact) mass is 478 g/mol. The summed E-state index contributed by atoms with van der Waals surface area (Å²) in [6, 6.07) is 19.1. The molecule has 1 atom stereocenters. The van der Waals surface area contributed by atoms with Crippen LogP contribution in [0.1, 0.15) is 55.3 Å². The Labute approximate surface area is 201 Å². The van der Waals surface area contributed by atoms with Gasteiger partial charge in [-0.25, -0.2) is 4.98 Å². The third-order valence-electron chi connectivity index (χ3n) is 5.25. The van der Waals surface area contributed by atoms with Crippen molar-refractivity contribution in [3.05, 3.63) is 87.3 Å². The topological polar surface area (TPSA) is 76.4 Å². The van der Waals surface area contributed by atoms with Gasteiger partial charge >= 0.3 is 0 Å². The molecule has 2 aromatic heterocycles. The third-order valence-corrected chi connectivity index (χ3v) is 7.57. The van der Waals surface area contributed by atoms with Gasteiger partial charge in [0.15, 0.2) is 0 Å². The Balaban J connectivity index is 1.51. The molecule has 4 aromatic rings. The first-order valence-electron chi connectivity index (χ1n) is 10.9. The van der Waals surface area contributed by atoms with Gasteiger partial charge in [0.25, 0.3) is 5.56 Å². The minimum atomic E-state index is -0.213. The van der Waals surface area contributed by atoms with Crippen molar-refractivity contribution in [3.63, 3.8) is 0 Å². The Morgan fingerprint density at radius 1 is 1.12 bits per heavy atom. The van der Waals surface area contributed by atoms with Gasteiger partial charge in [0.1, 0.15) is 5.01 Å². The summed E-state index contributed by atoms with van der Waals surface area (Å²) in [6.45, 7) is 6.11. The molecule has 0 saturated carbocycles. The maximum atomic E-state index is 13.0. The lowest BCUT2D eigenvalue weighted by Gasteiger charge is -2.17. The summed E-state index contributed by atoms with van der Waals surface area (Å²) in [5.41, 5.74) is 2.29. The second-order valence-electron chi connectivity index (χ2n) is 8.02. The molecule has 0 bridgehead atoms. The molecular weight excluding hydrogens is 452 g/mol. The maximum Gasteiger partial charge on any atom is 0.275 e. The number of benzene rings is 2. The van der Waals surface area contributed by atoms with Gasteiger partial charge < -0.3 is 5.32 Å². The Hall–Kier alpha value is -2.97. The maximum absolute atomic E-state index is 13.0. The smallest absolute Gasteiger partial charge is 0.275 e. The molecule has 0 spiro atoms. The molecule has 8 heteroatoms. The number of thioether (sulfide) groups is 1. The molecule has 6 nitrogen and oxygen atoms in total. The fourth-order valence-corrected chi connectivity index (χ4v) is 5.33. The first-order valence-corrected chi connectivity index (χ1v) is 12.7. The van der Waals surface area contributed by atoms with Crippen LogP contribution in [0.5, 0.6) is 0 Å². The molecule has 0 aliphatic rings. The highest BCUT2D eigenvalue weighted by atomic mass is 32.2. The van der Waals surface area contributed by atoms with Crippen LogP contribution in [-0.2, 0) is 10.5 Å². The molecule has 0 aliphatic carbocycles. The first kappa shape index (κ1) is 23.2. The highest BCUT2D eigenvalue weighted by Gasteiger charge is 2.19. The summed E-state index contributed by atoms with van der Waals surface area (Å²) in [5.74, 6) is 0.520. The molecule has 0 aliphatic heterocycles. The van der Waals surface area contributed by atoms with Gasteiger partial charge in [0, 0.05) is 22.6 Å². The van der Waals surface area contributed by atoms with E-state index >= 15 is 0 Å². The fraction of sp³-hybridized carbons (Fsp3) is 0.280. The van der Waals surface area contributed by atoms with Crippen molar-refractivity contribution in [1.82, 2.24) is 14.6 Å². The average Bonchev–Trinajstić information content (AvgIpc) is 3.25. The van der Waals surface area contributed by atoms with Crippen molar-refractivity contribution < 1.29 is 4.79 Å². The Morgan fingerprint density at radius 3 is 2.58 bits per heavy atom. The quantitative estimate of drug-likeness (QED) is 0.329. The van der Waals surface area contributed by atoms with E-state index in [0.717, 1.165) is 21.2 Å². The number of para-hydroxylation sites is 1. The average molecular weight is 479 g/mol. The molecule has 0 fully saturated rings. The van der Waals surface area contributed by atoms with Gasteiger partial charge in [-0.3, -0.25) is 9.59 Å². The number of amides is 1. The Kier molecular flexibility index (Phi) is 7.25. The third kappa shape index (κ3) is 5.34. The number of aromatic nitrogens is 3. The van der Waals surface area contributed by atoms with Crippen molar-refractivity contribution in [2.24, 2.45) is 0 Å². The lowest BCUT2D eigenvalue weighted by molar-refractivity contribution is -0.117. The normalized spacial score (nSPS) is 12.2. The summed E-state index contributed by atoms with van der Waals surface area (Å²) < 4.78 is 1.37. The highest BCUT2D eigenvalue weighted by molar-refractivity contribution is 7.98. The standard InChI is InChI=1S/C25H26N4O2S2/c1-4-19(17-10-6-5-7-11-17)23(31)27-20-12-8-9-13-21(20)32-15-18-14-22(30)29-25(26-18)33-24(28-29)16(2)3/h5-14,16,19H,4,15H2,1-3H3,(H,27,31)/t19-/m0/s1. The van der Waals surface area contributed by atoms with Crippen LogP contribution in [-0.4, -0.2) is 20.5 Å². The van der Waals surface area contributed by atoms with Crippen LogP contribution in [0.4, 0.5) is 5.69 Å². The van der Waals surface area contributed by atoms with Gasteiger partial charge in [0.05, 0.1) is 17.3 Å². The van der Waals surface area contributed by atoms with E-state index in [0.29, 0.717) is 22.8 Å². The number of rotatable bonds is 8. The highest BCUT2D eigenvalue weighted by Crippen LogP contribution is 2.31. The van der Waals surface area contributed by atoms with Crippen LogP contribution >= 0.6 is 23.1 Å². The molecule has 1 amide bonds. The number of hydrogen-bond donors (Lipinski definition) is 1. The van der Waals surface area contributed by atoms with Gasteiger partial charge in [-0.2, -0.15) is 9.61 Å².